The maximum atomic E-state index is 12.5. The van der Waals surface area contributed by atoms with Crippen LogP contribution in [0.2, 0.25) is 10.0 Å². The van der Waals surface area contributed by atoms with Crippen molar-refractivity contribution in [2.45, 2.75) is 13.1 Å². The number of benzene rings is 1. The molecule has 124 valence electrons. The van der Waals surface area contributed by atoms with E-state index in [1.807, 2.05) is 0 Å². The SMILES string of the molecule is CN(Cc1cc(Cl)cc(Cl)c1)C(=O)c1cn(CCN)c(O)c1O. The molecule has 0 atom stereocenters. The summed E-state index contributed by atoms with van der Waals surface area (Å²) in [6.45, 7) is 0.813. The van der Waals surface area contributed by atoms with Crippen LogP contribution in [0, 0.1) is 0 Å². The summed E-state index contributed by atoms with van der Waals surface area (Å²) in [7, 11) is 1.58. The quantitative estimate of drug-likeness (QED) is 0.766. The van der Waals surface area contributed by atoms with Crippen LogP contribution in [-0.4, -0.2) is 39.2 Å². The number of nitrogens with two attached hydrogens (primary N) is 1. The fourth-order valence-electron chi connectivity index (χ4n) is 2.25. The summed E-state index contributed by atoms with van der Waals surface area (Å²) < 4.78 is 1.33. The van der Waals surface area contributed by atoms with Gasteiger partial charge in [-0.3, -0.25) is 4.79 Å². The fraction of sp³-hybridized carbons (Fsp3) is 0.267. The molecule has 0 unspecified atom stereocenters. The molecule has 0 radical (unpaired) electrons. The van der Waals surface area contributed by atoms with E-state index in [1.165, 1.54) is 15.7 Å². The van der Waals surface area contributed by atoms with E-state index in [4.69, 9.17) is 28.9 Å². The zero-order valence-electron chi connectivity index (χ0n) is 12.5. The molecular formula is C15H17Cl2N3O3. The van der Waals surface area contributed by atoms with Gasteiger partial charge in [0.25, 0.3) is 5.91 Å². The van der Waals surface area contributed by atoms with Crippen molar-refractivity contribution < 1.29 is 15.0 Å². The normalized spacial score (nSPS) is 10.8. The highest BCUT2D eigenvalue weighted by molar-refractivity contribution is 6.34. The zero-order valence-corrected chi connectivity index (χ0v) is 14.0. The van der Waals surface area contributed by atoms with Crippen molar-refractivity contribution in [1.82, 2.24) is 9.47 Å². The van der Waals surface area contributed by atoms with Crippen molar-refractivity contribution in [3.05, 3.63) is 45.6 Å². The Labute approximate surface area is 143 Å². The Bertz CT molecular complexity index is 711. The maximum absolute atomic E-state index is 12.5. The van der Waals surface area contributed by atoms with Crippen LogP contribution >= 0.6 is 23.2 Å². The molecule has 6 nitrogen and oxygen atoms in total. The Balaban J connectivity index is 2.21. The van der Waals surface area contributed by atoms with Gasteiger partial charge in [-0.05, 0) is 23.8 Å². The maximum Gasteiger partial charge on any atom is 0.259 e. The van der Waals surface area contributed by atoms with Gasteiger partial charge in [0.2, 0.25) is 5.88 Å². The Morgan fingerprint density at radius 1 is 1.26 bits per heavy atom. The van der Waals surface area contributed by atoms with Crippen LogP contribution in [-0.2, 0) is 13.1 Å². The van der Waals surface area contributed by atoms with E-state index in [0.717, 1.165) is 5.56 Å². The number of hydrogen-bond donors (Lipinski definition) is 3. The minimum atomic E-state index is -0.459. The fourth-order valence-corrected chi connectivity index (χ4v) is 2.83. The molecule has 0 aliphatic rings. The molecule has 0 saturated heterocycles. The molecule has 2 aromatic rings. The lowest BCUT2D eigenvalue weighted by molar-refractivity contribution is 0.0782. The number of aromatic hydroxyl groups is 2. The summed E-state index contributed by atoms with van der Waals surface area (Å²) in [6, 6.07) is 5.01. The first-order valence-electron chi connectivity index (χ1n) is 6.85. The third-order valence-electron chi connectivity index (χ3n) is 3.31. The summed E-state index contributed by atoms with van der Waals surface area (Å²) in [4.78, 5) is 13.8. The molecule has 0 aliphatic carbocycles. The van der Waals surface area contributed by atoms with Gasteiger partial charge in [-0.25, -0.2) is 0 Å². The number of carbonyl (C=O) groups excluding carboxylic acids is 1. The van der Waals surface area contributed by atoms with Crippen molar-refractivity contribution >= 4 is 29.1 Å². The summed E-state index contributed by atoms with van der Waals surface area (Å²) >= 11 is 11.9. The molecule has 1 aromatic carbocycles. The Morgan fingerprint density at radius 2 is 1.87 bits per heavy atom. The highest BCUT2D eigenvalue weighted by atomic mass is 35.5. The largest absolute Gasteiger partial charge is 0.503 e. The minimum absolute atomic E-state index is 0.00609. The third-order valence-corrected chi connectivity index (χ3v) is 3.75. The number of aromatic nitrogens is 1. The molecule has 0 aliphatic heterocycles. The summed E-state index contributed by atoms with van der Waals surface area (Å²) in [5.41, 5.74) is 6.18. The van der Waals surface area contributed by atoms with Crippen LogP contribution in [0.5, 0.6) is 11.6 Å². The Hall–Kier alpha value is -1.89. The second-order valence-electron chi connectivity index (χ2n) is 5.14. The van der Waals surface area contributed by atoms with Crippen molar-refractivity contribution in [3.63, 3.8) is 0 Å². The van der Waals surface area contributed by atoms with Crippen molar-refractivity contribution in [2.75, 3.05) is 13.6 Å². The Kier molecular flexibility index (Phi) is 5.41. The first-order chi connectivity index (χ1) is 10.8. The third kappa shape index (κ3) is 3.90. The van der Waals surface area contributed by atoms with Gasteiger partial charge < -0.3 is 25.4 Å². The highest BCUT2D eigenvalue weighted by Gasteiger charge is 2.23. The Morgan fingerprint density at radius 3 is 2.43 bits per heavy atom. The van der Waals surface area contributed by atoms with Gasteiger partial charge in [-0.1, -0.05) is 23.2 Å². The van der Waals surface area contributed by atoms with E-state index in [9.17, 15) is 15.0 Å². The number of hydrogen-bond acceptors (Lipinski definition) is 4. The zero-order chi connectivity index (χ0) is 17.1. The van der Waals surface area contributed by atoms with Gasteiger partial charge in [0, 0.05) is 42.9 Å². The second-order valence-corrected chi connectivity index (χ2v) is 6.01. The number of rotatable bonds is 5. The predicted molar refractivity (Wildman–Crippen MR) is 89.1 cm³/mol. The summed E-state index contributed by atoms with van der Waals surface area (Å²) in [5.74, 6) is -1.28. The first kappa shape index (κ1) is 17.5. The smallest absolute Gasteiger partial charge is 0.259 e. The average Bonchev–Trinajstić information content (AvgIpc) is 2.74. The van der Waals surface area contributed by atoms with Gasteiger partial charge >= 0.3 is 0 Å². The minimum Gasteiger partial charge on any atom is -0.503 e. The number of amides is 1. The molecule has 1 amide bonds. The lowest BCUT2D eigenvalue weighted by atomic mass is 10.2. The van der Waals surface area contributed by atoms with E-state index in [1.54, 1.807) is 25.2 Å². The van der Waals surface area contributed by atoms with E-state index in [2.05, 4.69) is 0 Å². The van der Waals surface area contributed by atoms with Crippen LogP contribution in [0.15, 0.2) is 24.4 Å². The molecule has 8 heteroatoms. The molecule has 23 heavy (non-hydrogen) atoms. The average molecular weight is 358 g/mol. The lowest BCUT2D eigenvalue weighted by Gasteiger charge is -2.17. The lowest BCUT2D eigenvalue weighted by Crippen LogP contribution is -2.26. The van der Waals surface area contributed by atoms with E-state index in [0.29, 0.717) is 16.6 Å². The van der Waals surface area contributed by atoms with Gasteiger partial charge in [-0.2, -0.15) is 0 Å². The molecule has 1 aromatic heterocycles. The van der Waals surface area contributed by atoms with Crippen molar-refractivity contribution in [1.29, 1.82) is 0 Å². The second kappa shape index (κ2) is 7.12. The summed E-state index contributed by atoms with van der Waals surface area (Å²) in [6.07, 6.45) is 1.38. The number of nitrogens with zero attached hydrogens (tertiary/aromatic N) is 2. The standard InChI is InChI=1S/C15H17Cl2N3O3/c1-19(7-9-4-10(16)6-11(17)5-9)14(22)12-8-20(3-2-18)15(23)13(12)21/h4-6,8,21,23H,2-3,7,18H2,1H3. The van der Waals surface area contributed by atoms with Crippen molar-refractivity contribution in [2.24, 2.45) is 5.73 Å². The molecule has 0 saturated carbocycles. The van der Waals surface area contributed by atoms with Crippen LogP contribution < -0.4 is 5.73 Å². The van der Waals surface area contributed by atoms with Gasteiger partial charge in [0.05, 0.1) is 0 Å². The summed E-state index contributed by atoms with van der Waals surface area (Å²) in [5, 5.41) is 20.7. The van der Waals surface area contributed by atoms with Gasteiger partial charge in [0.1, 0.15) is 5.56 Å². The van der Waals surface area contributed by atoms with Crippen LogP contribution in [0.25, 0.3) is 0 Å². The molecule has 1 heterocycles. The van der Waals surface area contributed by atoms with Gasteiger partial charge in [0.15, 0.2) is 5.75 Å². The van der Waals surface area contributed by atoms with E-state index in [-0.39, 0.29) is 24.5 Å². The van der Waals surface area contributed by atoms with E-state index < -0.39 is 11.7 Å². The van der Waals surface area contributed by atoms with Crippen LogP contribution in [0.4, 0.5) is 0 Å². The predicted octanol–water partition coefficient (Wildman–Crippen LogP) is 2.44. The van der Waals surface area contributed by atoms with E-state index >= 15 is 0 Å². The molecule has 0 bridgehead atoms. The van der Waals surface area contributed by atoms with Crippen LogP contribution in [0.1, 0.15) is 15.9 Å². The molecule has 4 N–H and O–H groups in total. The first-order valence-corrected chi connectivity index (χ1v) is 7.60. The monoisotopic (exact) mass is 357 g/mol. The van der Waals surface area contributed by atoms with Crippen molar-refractivity contribution in [3.8, 4) is 11.6 Å². The number of carbonyl (C=O) groups is 1. The highest BCUT2D eigenvalue weighted by Crippen LogP contribution is 2.32. The molecule has 0 fully saturated rings. The molecular weight excluding hydrogens is 341 g/mol. The van der Waals surface area contributed by atoms with Crippen LogP contribution in [0.3, 0.4) is 0 Å². The number of halogens is 2. The molecule has 0 spiro atoms. The topological polar surface area (TPSA) is 91.7 Å². The molecule has 2 rings (SSSR count). The van der Waals surface area contributed by atoms with Gasteiger partial charge in [-0.15, -0.1) is 0 Å².